The maximum absolute atomic E-state index is 13.8. The van der Waals surface area contributed by atoms with Crippen molar-refractivity contribution in [3.8, 4) is 5.75 Å². The van der Waals surface area contributed by atoms with Crippen LogP contribution in [0.15, 0.2) is 58.0 Å². The number of ether oxygens (including phenoxy) is 2. The highest BCUT2D eigenvalue weighted by atomic mass is 32.2. The number of aryl methyl sites for hydroxylation is 2. The number of rotatable bonds is 13. The van der Waals surface area contributed by atoms with E-state index in [2.05, 4.69) is 34.5 Å². The van der Waals surface area contributed by atoms with Crippen molar-refractivity contribution >= 4 is 15.9 Å². The SMILES string of the molecule is COc1cc(C)c(S(=O)(=O)N(Cc2cc(C(=O)NCCc3ccc(CN4CCC(OC)C4)cc3)co2)C2CC2)c(C)c1. The second kappa shape index (κ2) is 13.0. The molecule has 0 radical (unpaired) electrons. The van der Waals surface area contributed by atoms with Crippen LogP contribution in [0, 0.1) is 13.8 Å². The van der Waals surface area contributed by atoms with E-state index in [9.17, 15) is 13.2 Å². The molecule has 226 valence electrons. The fraction of sp³-hybridized carbons (Fsp3) is 0.469. The van der Waals surface area contributed by atoms with Gasteiger partial charge in [-0.3, -0.25) is 9.69 Å². The molecule has 5 rings (SSSR count). The van der Waals surface area contributed by atoms with Gasteiger partial charge in [0.1, 0.15) is 17.8 Å². The first-order valence-electron chi connectivity index (χ1n) is 14.5. The molecule has 1 amide bonds. The number of nitrogens with zero attached hydrogens (tertiary/aromatic N) is 2. The van der Waals surface area contributed by atoms with Crippen LogP contribution in [0.1, 0.15) is 57.6 Å². The number of nitrogens with one attached hydrogen (secondary N) is 1. The van der Waals surface area contributed by atoms with Gasteiger partial charge >= 0.3 is 0 Å². The van der Waals surface area contributed by atoms with E-state index in [-0.39, 0.29) is 18.5 Å². The Morgan fingerprint density at radius 3 is 2.36 bits per heavy atom. The van der Waals surface area contributed by atoms with Crippen LogP contribution in [0.25, 0.3) is 0 Å². The molecule has 1 N–H and O–H groups in total. The number of amides is 1. The number of hydrogen-bond donors (Lipinski definition) is 1. The van der Waals surface area contributed by atoms with Gasteiger partial charge in [0.05, 0.1) is 30.2 Å². The minimum atomic E-state index is -3.78. The standard InChI is InChI=1S/C32H41N3O6S/c1-22-15-29(40-4)16-23(2)31(22)42(37,38)35(27-9-10-27)20-30-17-26(21-41-30)32(36)33-13-11-24-5-7-25(8-6-24)18-34-14-12-28(19-34)39-3/h5-8,15-17,21,27-28H,9-14,18-20H2,1-4H3,(H,33,36). The molecule has 1 aliphatic carbocycles. The zero-order valence-corrected chi connectivity index (χ0v) is 25.7. The Bertz CT molecular complexity index is 1470. The summed E-state index contributed by atoms with van der Waals surface area (Å²) in [6.45, 7) is 7.06. The second-order valence-corrected chi connectivity index (χ2v) is 13.2. The molecule has 10 heteroatoms. The van der Waals surface area contributed by atoms with Gasteiger partial charge in [-0.15, -0.1) is 0 Å². The Morgan fingerprint density at radius 2 is 1.74 bits per heavy atom. The van der Waals surface area contributed by atoms with Crippen LogP contribution in [0.5, 0.6) is 5.75 Å². The summed E-state index contributed by atoms with van der Waals surface area (Å²) >= 11 is 0. The number of carbonyl (C=O) groups is 1. The molecule has 42 heavy (non-hydrogen) atoms. The normalized spacial score (nSPS) is 17.6. The Labute approximate surface area is 248 Å². The van der Waals surface area contributed by atoms with E-state index in [1.807, 2.05) is 0 Å². The van der Waals surface area contributed by atoms with Crippen LogP contribution in [-0.2, 0) is 34.3 Å². The number of carbonyl (C=O) groups excluding carboxylic acids is 1. The first kappa shape index (κ1) is 30.3. The number of sulfonamides is 1. The third-order valence-corrected chi connectivity index (χ3v) is 10.3. The van der Waals surface area contributed by atoms with Gasteiger partial charge in [-0.05, 0) is 80.0 Å². The molecule has 2 aliphatic rings. The molecule has 1 saturated heterocycles. The van der Waals surface area contributed by atoms with Crippen molar-refractivity contribution in [1.82, 2.24) is 14.5 Å². The summed E-state index contributed by atoms with van der Waals surface area (Å²) in [4.78, 5) is 15.5. The number of methoxy groups -OCH3 is 2. The quantitative estimate of drug-likeness (QED) is 0.312. The highest BCUT2D eigenvalue weighted by Crippen LogP contribution is 2.36. The lowest BCUT2D eigenvalue weighted by atomic mass is 10.1. The number of hydrogen-bond acceptors (Lipinski definition) is 7. The van der Waals surface area contributed by atoms with Gasteiger partial charge in [-0.1, -0.05) is 24.3 Å². The van der Waals surface area contributed by atoms with Crippen LogP contribution in [0.3, 0.4) is 0 Å². The molecule has 9 nitrogen and oxygen atoms in total. The predicted molar refractivity (Wildman–Crippen MR) is 160 cm³/mol. The van der Waals surface area contributed by atoms with Crippen molar-refractivity contribution in [2.75, 3.05) is 33.9 Å². The van der Waals surface area contributed by atoms with Crippen LogP contribution in [-0.4, -0.2) is 69.5 Å². The third kappa shape index (κ3) is 7.06. The summed E-state index contributed by atoms with van der Waals surface area (Å²) < 4.78 is 45.5. The lowest BCUT2D eigenvalue weighted by molar-refractivity contribution is 0.0953. The largest absolute Gasteiger partial charge is 0.497 e. The minimum Gasteiger partial charge on any atom is -0.497 e. The average Bonchev–Trinajstić information content (AvgIpc) is 3.50. The van der Waals surface area contributed by atoms with Crippen LogP contribution in [0.4, 0.5) is 0 Å². The van der Waals surface area contributed by atoms with Crippen molar-refractivity contribution in [1.29, 1.82) is 0 Å². The molecule has 1 unspecified atom stereocenters. The summed E-state index contributed by atoms with van der Waals surface area (Å²) in [5.74, 6) is 0.815. The maximum Gasteiger partial charge on any atom is 0.254 e. The van der Waals surface area contributed by atoms with E-state index in [1.54, 1.807) is 46.3 Å². The summed E-state index contributed by atoms with van der Waals surface area (Å²) in [6, 6.07) is 13.5. The fourth-order valence-corrected chi connectivity index (χ4v) is 7.75. The summed E-state index contributed by atoms with van der Waals surface area (Å²) in [7, 11) is -0.446. The molecule has 2 fully saturated rings. The third-order valence-electron chi connectivity index (χ3n) is 8.11. The molecule has 1 aromatic heterocycles. The summed E-state index contributed by atoms with van der Waals surface area (Å²) in [5, 5.41) is 2.95. The van der Waals surface area contributed by atoms with E-state index < -0.39 is 10.0 Å². The molecule has 2 heterocycles. The molecule has 0 spiro atoms. The number of benzene rings is 2. The van der Waals surface area contributed by atoms with Crippen LogP contribution in [0.2, 0.25) is 0 Å². The van der Waals surface area contributed by atoms with Crippen LogP contribution >= 0.6 is 0 Å². The summed E-state index contributed by atoms with van der Waals surface area (Å²) in [5.41, 5.74) is 4.07. The Hall–Kier alpha value is -3.18. The van der Waals surface area contributed by atoms with Crippen LogP contribution < -0.4 is 10.1 Å². The van der Waals surface area contributed by atoms with Crippen molar-refractivity contribution in [2.24, 2.45) is 0 Å². The monoisotopic (exact) mass is 595 g/mol. The zero-order valence-electron chi connectivity index (χ0n) is 24.9. The molecular formula is C32H41N3O6S. The van der Waals surface area contributed by atoms with Gasteiger partial charge in [-0.25, -0.2) is 8.42 Å². The lowest BCUT2D eigenvalue weighted by Gasteiger charge is -2.23. The Balaban J connectivity index is 1.15. The van der Waals surface area contributed by atoms with Crippen molar-refractivity contribution < 1.29 is 27.1 Å². The summed E-state index contributed by atoms with van der Waals surface area (Å²) in [6.07, 6.45) is 5.11. The Morgan fingerprint density at radius 1 is 1.05 bits per heavy atom. The second-order valence-electron chi connectivity index (χ2n) is 11.4. The van der Waals surface area contributed by atoms with Gasteiger partial charge in [0.15, 0.2) is 0 Å². The lowest BCUT2D eigenvalue weighted by Crippen LogP contribution is -2.33. The van der Waals surface area contributed by atoms with E-state index in [0.29, 0.717) is 52.2 Å². The average molecular weight is 596 g/mol. The van der Waals surface area contributed by atoms with Gasteiger partial charge in [-0.2, -0.15) is 4.31 Å². The van der Waals surface area contributed by atoms with Crippen molar-refractivity contribution in [3.05, 3.63) is 82.3 Å². The highest BCUT2D eigenvalue weighted by Gasteiger charge is 2.40. The van der Waals surface area contributed by atoms with E-state index in [1.165, 1.54) is 16.1 Å². The molecule has 1 atom stereocenters. The Kier molecular flexibility index (Phi) is 9.37. The van der Waals surface area contributed by atoms with Gasteiger partial charge in [0.2, 0.25) is 10.0 Å². The van der Waals surface area contributed by atoms with Crippen molar-refractivity contribution in [3.63, 3.8) is 0 Å². The number of furan rings is 1. The first-order valence-corrected chi connectivity index (χ1v) is 16.0. The van der Waals surface area contributed by atoms with Crippen molar-refractivity contribution in [2.45, 2.75) is 69.7 Å². The van der Waals surface area contributed by atoms with E-state index in [4.69, 9.17) is 13.9 Å². The van der Waals surface area contributed by atoms with E-state index in [0.717, 1.165) is 44.5 Å². The first-order chi connectivity index (χ1) is 20.2. The van der Waals surface area contributed by atoms with Gasteiger partial charge in [0, 0.05) is 39.3 Å². The molecule has 3 aromatic rings. The topological polar surface area (TPSA) is 101 Å². The smallest absolute Gasteiger partial charge is 0.254 e. The number of likely N-dealkylation sites (tertiary alicyclic amines) is 1. The maximum atomic E-state index is 13.8. The molecule has 1 saturated carbocycles. The van der Waals surface area contributed by atoms with Gasteiger partial charge in [0.25, 0.3) is 5.91 Å². The predicted octanol–water partition coefficient (Wildman–Crippen LogP) is 4.45. The molecular weight excluding hydrogens is 554 g/mol. The zero-order chi connectivity index (χ0) is 29.9. The molecule has 0 bridgehead atoms. The molecule has 1 aliphatic heterocycles. The fourth-order valence-electron chi connectivity index (χ4n) is 5.69. The molecule has 2 aromatic carbocycles. The highest BCUT2D eigenvalue weighted by molar-refractivity contribution is 7.89. The van der Waals surface area contributed by atoms with Gasteiger partial charge < -0.3 is 19.2 Å². The van der Waals surface area contributed by atoms with E-state index >= 15 is 0 Å². The minimum absolute atomic E-state index is 0.0705.